The summed E-state index contributed by atoms with van der Waals surface area (Å²) in [5, 5.41) is 24.2. The van der Waals surface area contributed by atoms with Crippen LogP contribution < -0.4 is 22.1 Å². The lowest BCUT2D eigenvalue weighted by atomic mass is 9.98. The molecule has 32 heavy (non-hydrogen) atoms. The van der Waals surface area contributed by atoms with Crippen molar-refractivity contribution >= 4 is 23.7 Å². The van der Waals surface area contributed by atoms with Gasteiger partial charge in [0.15, 0.2) is 0 Å². The van der Waals surface area contributed by atoms with Crippen LogP contribution in [0.3, 0.4) is 0 Å². The predicted molar refractivity (Wildman–Crippen MR) is 118 cm³/mol. The number of carboxylic acid groups (broad SMARTS) is 1. The maximum Gasteiger partial charge on any atom is 0.326 e. The summed E-state index contributed by atoms with van der Waals surface area (Å²) >= 11 is 0. The van der Waals surface area contributed by atoms with Gasteiger partial charge < -0.3 is 37.2 Å². The fourth-order valence-electron chi connectivity index (χ4n) is 3.67. The number of aliphatic hydroxyl groups is 1. The average Bonchev–Trinajstić information content (AvgIpc) is 3.24. The van der Waals surface area contributed by atoms with E-state index in [-0.39, 0.29) is 5.92 Å². The Kier molecular flexibility index (Phi) is 11.6. The van der Waals surface area contributed by atoms with Gasteiger partial charge in [-0.3, -0.25) is 14.4 Å². The minimum Gasteiger partial charge on any atom is -0.480 e. The Balaban J connectivity index is 2.97. The number of carbonyl (C=O) groups is 4. The molecule has 0 aromatic carbocycles. The van der Waals surface area contributed by atoms with Crippen LogP contribution in [0.5, 0.6) is 0 Å². The Morgan fingerprint density at radius 3 is 2.34 bits per heavy atom. The number of carbonyl (C=O) groups excluding carboxylic acids is 3. The number of aliphatic carboxylic acids is 1. The molecule has 0 aromatic heterocycles. The Bertz CT molecular complexity index is 659. The predicted octanol–water partition coefficient (Wildman–Crippen LogP) is -1.09. The molecule has 11 nitrogen and oxygen atoms in total. The molecule has 0 aromatic rings. The van der Waals surface area contributed by atoms with Gasteiger partial charge in [0.2, 0.25) is 17.7 Å². The largest absolute Gasteiger partial charge is 0.480 e. The molecule has 3 amide bonds. The van der Waals surface area contributed by atoms with Gasteiger partial charge in [-0.1, -0.05) is 20.3 Å². The summed E-state index contributed by atoms with van der Waals surface area (Å²) in [5.41, 5.74) is 11.2. The number of likely N-dealkylation sites (tertiary alicyclic amines) is 1. The molecule has 1 rings (SSSR count). The molecule has 1 saturated heterocycles. The highest BCUT2D eigenvalue weighted by molar-refractivity contribution is 5.94. The minimum absolute atomic E-state index is 0.271. The van der Waals surface area contributed by atoms with Gasteiger partial charge in [-0.05, 0) is 51.5 Å². The van der Waals surface area contributed by atoms with Gasteiger partial charge in [-0.15, -0.1) is 0 Å². The molecule has 8 N–H and O–H groups in total. The number of amides is 3. The van der Waals surface area contributed by atoms with Crippen molar-refractivity contribution in [3.05, 3.63) is 0 Å². The van der Waals surface area contributed by atoms with E-state index >= 15 is 0 Å². The van der Waals surface area contributed by atoms with Crippen LogP contribution in [0.1, 0.15) is 59.3 Å². The fraction of sp³-hybridized carbons (Fsp3) is 0.810. The summed E-state index contributed by atoms with van der Waals surface area (Å²) in [6.07, 6.45) is 2.02. The highest BCUT2D eigenvalue weighted by Gasteiger charge is 2.39. The molecule has 0 radical (unpaired) electrons. The molecule has 0 saturated carbocycles. The summed E-state index contributed by atoms with van der Waals surface area (Å²) in [7, 11) is 0. The summed E-state index contributed by atoms with van der Waals surface area (Å²) < 4.78 is 0. The lowest BCUT2D eigenvalue weighted by Crippen LogP contribution is -2.58. The number of aliphatic hydroxyl groups excluding tert-OH is 1. The quantitative estimate of drug-likeness (QED) is 0.188. The van der Waals surface area contributed by atoms with Crippen LogP contribution in [-0.2, 0) is 19.2 Å². The van der Waals surface area contributed by atoms with Gasteiger partial charge in [0.25, 0.3) is 0 Å². The molecule has 184 valence electrons. The number of nitrogens with zero attached hydrogens (tertiary/aromatic N) is 1. The highest BCUT2D eigenvalue weighted by Crippen LogP contribution is 2.21. The third kappa shape index (κ3) is 7.72. The van der Waals surface area contributed by atoms with Crippen LogP contribution in [-0.4, -0.2) is 82.2 Å². The van der Waals surface area contributed by atoms with Gasteiger partial charge in [0.1, 0.15) is 24.2 Å². The molecular formula is C21H39N5O6. The fourth-order valence-corrected chi connectivity index (χ4v) is 3.67. The summed E-state index contributed by atoms with van der Waals surface area (Å²) in [6.45, 7) is 5.72. The average molecular weight is 458 g/mol. The normalized spacial score (nSPS) is 20.7. The van der Waals surface area contributed by atoms with E-state index in [4.69, 9.17) is 11.5 Å². The number of nitrogens with two attached hydrogens (primary N) is 2. The first kappa shape index (κ1) is 27.8. The van der Waals surface area contributed by atoms with E-state index in [1.807, 2.05) is 6.92 Å². The van der Waals surface area contributed by atoms with Crippen LogP contribution in [0.25, 0.3) is 0 Å². The van der Waals surface area contributed by atoms with E-state index in [1.165, 1.54) is 11.8 Å². The van der Waals surface area contributed by atoms with E-state index in [1.54, 1.807) is 6.92 Å². The van der Waals surface area contributed by atoms with E-state index in [2.05, 4.69) is 10.6 Å². The number of hydrogen-bond donors (Lipinski definition) is 6. The lowest BCUT2D eigenvalue weighted by molar-refractivity contribution is -0.146. The number of hydrogen-bond acceptors (Lipinski definition) is 7. The molecule has 0 bridgehead atoms. The number of rotatable bonds is 13. The monoisotopic (exact) mass is 457 g/mol. The molecule has 1 aliphatic heterocycles. The molecule has 0 spiro atoms. The Morgan fingerprint density at radius 2 is 1.81 bits per heavy atom. The Labute approximate surface area is 189 Å². The van der Waals surface area contributed by atoms with Crippen LogP contribution in [0.4, 0.5) is 0 Å². The van der Waals surface area contributed by atoms with Crippen molar-refractivity contribution in [2.45, 2.75) is 89.6 Å². The van der Waals surface area contributed by atoms with Crippen molar-refractivity contribution < 1.29 is 29.4 Å². The van der Waals surface area contributed by atoms with Crippen LogP contribution >= 0.6 is 0 Å². The Morgan fingerprint density at radius 1 is 1.16 bits per heavy atom. The van der Waals surface area contributed by atoms with E-state index in [0.717, 1.165) is 0 Å². The maximum atomic E-state index is 13.3. The molecule has 1 aliphatic rings. The zero-order valence-electron chi connectivity index (χ0n) is 19.3. The van der Waals surface area contributed by atoms with Gasteiger partial charge >= 0.3 is 5.97 Å². The molecule has 1 heterocycles. The SMILES string of the molecule is CCC(C)C(NC(=O)C1CCCN1C(=O)C(CCCCN)NC(=O)C(N)C(C)O)C(=O)O. The highest BCUT2D eigenvalue weighted by atomic mass is 16.4. The van der Waals surface area contributed by atoms with E-state index in [9.17, 15) is 29.4 Å². The van der Waals surface area contributed by atoms with Crippen molar-refractivity contribution in [2.75, 3.05) is 13.1 Å². The first-order valence-electron chi connectivity index (χ1n) is 11.3. The molecule has 1 fully saturated rings. The number of carboxylic acids is 1. The topological polar surface area (TPSA) is 188 Å². The van der Waals surface area contributed by atoms with Crippen molar-refractivity contribution in [1.82, 2.24) is 15.5 Å². The second-order valence-corrected chi connectivity index (χ2v) is 8.51. The first-order valence-corrected chi connectivity index (χ1v) is 11.3. The van der Waals surface area contributed by atoms with E-state index < -0.39 is 54.0 Å². The summed E-state index contributed by atoms with van der Waals surface area (Å²) in [5.74, 6) is -3.00. The molecule has 11 heteroatoms. The summed E-state index contributed by atoms with van der Waals surface area (Å²) in [4.78, 5) is 51.5. The summed E-state index contributed by atoms with van der Waals surface area (Å²) in [6, 6.07) is -3.97. The third-order valence-corrected chi connectivity index (χ3v) is 6.00. The smallest absolute Gasteiger partial charge is 0.326 e. The zero-order valence-corrected chi connectivity index (χ0v) is 19.3. The van der Waals surface area contributed by atoms with Gasteiger partial charge in [0, 0.05) is 6.54 Å². The second kappa shape index (κ2) is 13.3. The standard InChI is InChI=1S/C21H39N5O6/c1-4-12(2)17(21(31)32)25-18(28)15-9-7-11-26(15)20(30)14(8-5-6-10-22)24-19(29)16(23)13(3)27/h12-17,27H,4-11,22-23H2,1-3H3,(H,24,29)(H,25,28)(H,31,32). The maximum absolute atomic E-state index is 13.3. The van der Waals surface area contributed by atoms with Crippen molar-refractivity contribution in [2.24, 2.45) is 17.4 Å². The zero-order chi connectivity index (χ0) is 24.4. The minimum atomic E-state index is -1.19. The molecule has 0 aliphatic carbocycles. The van der Waals surface area contributed by atoms with Gasteiger partial charge in [-0.2, -0.15) is 0 Å². The van der Waals surface area contributed by atoms with Crippen LogP contribution in [0.2, 0.25) is 0 Å². The molecule has 6 unspecified atom stereocenters. The molecular weight excluding hydrogens is 418 g/mol. The van der Waals surface area contributed by atoms with Crippen molar-refractivity contribution in [3.63, 3.8) is 0 Å². The number of nitrogens with one attached hydrogen (secondary N) is 2. The van der Waals surface area contributed by atoms with Crippen molar-refractivity contribution in [1.29, 1.82) is 0 Å². The van der Waals surface area contributed by atoms with Gasteiger partial charge in [0.05, 0.1) is 6.10 Å². The van der Waals surface area contributed by atoms with Gasteiger partial charge in [-0.25, -0.2) is 4.79 Å². The van der Waals surface area contributed by atoms with Crippen molar-refractivity contribution in [3.8, 4) is 0 Å². The Hall–Kier alpha value is -2.24. The third-order valence-electron chi connectivity index (χ3n) is 6.00. The van der Waals surface area contributed by atoms with Crippen LogP contribution in [0, 0.1) is 5.92 Å². The van der Waals surface area contributed by atoms with Crippen LogP contribution in [0.15, 0.2) is 0 Å². The lowest BCUT2D eigenvalue weighted by Gasteiger charge is -2.30. The first-order chi connectivity index (χ1) is 15.0. The second-order valence-electron chi connectivity index (χ2n) is 8.51. The van der Waals surface area contributed by atoms with E-state index in [0.29, 0.717) is 51.6 Å². The number of unbranched alkanes of at least 4 members (excludes halogenated alkanes) is 1. The molecule has 6 atom stereocenters.